The second-order valence-corrected chi connectivity index (χ2v) is 6.98. The fraction of sp³-hybridized carbons (Fsp3) is 0.444. The predicted molar refractivity (Wildman–Crippen MR) is 101 cm³/mol. The van der Waals surface area contributed by atoms with Crippen molar-refractivity contribution in [2.24, 2.45) is 4.99 Å². The molecule has 2 rings (SSSR count). The van der Waals surface area contributed by atoms with Gasteiger partial charge in [-0.2, -0.15) is 0 Å². The van der Waals surface area contributed by atoms with E-state index in [2.05, 4.69) is 46.6 Å². The number of pyridine rings is 1. The molecule has 0 atom stereocenters. The van der Waals surface area contributed by atoms with Crippen LogP contribution in [0.15, 0.2) is 23.3 Å². The molecular weight excluding hydrogens is 320 g/mol. The van der Waals surface area contributed by atoms with Crippen LogP contribution in [-0.4, -0.2) is 24.6 Å². The number of guanidine groups is 1. The van der Waals surface area contributed by atoms with E-state index in [1.165, 1.54) is 9.75 Å². The fourth-order valence-electron chi connectivity index (χ4n) is 2.48. The first kappa shape index (κ1) is 18.3. The lowest BCUT2D eigenvalue weighted by Crippen LogP contribution is -2.36. The maximum absolute atomic E-state index is 5.46. The van der Waals surface area contributed by atoms with Crippen LogP contribution in [0, 0.1) is 20.8 Å². The highest BCUT2D eigenvalue weighted by Gasteiger charge is 2.09. The largest absolute Gasteiger partial charge is 0.496 e. The number of nitrogens with zero attached hydrogens (tertiary/aromatic N) is 2. The van der Waals surface area contributed by atoms with Gasteiger partial charge in [0.1, 0.15) is 5.75 Å². The Kier molecular flexibility index (Phi) is 6.61. The van der Waals surface area contributed by atoms with Crippen molar-refractivity contribution in [3.05, 3.63) is 44.9 Å². The molecule has 0 aromatic carbocycles. The first-order chi connectivity index (χ1) is 11.5. The van der Waals surface area contributed by atoms with Crippen LogP contribution in [0.2, 0.25) is 0 Å². The number of nitrogens with one attached hydrogen (secondary N) is 2. The molecule has 0 aliphatic carbocycles. The second-order valence-electron chi connectivity index (χ2n) is 5.61. The topological polar surface area (TPSA) is 58.5 Å². The monoisotopic (exact) mass is 346 g/mol. The van der Waals surface area contributed by atoms with Crippen molar-refractivity contribution in [1.82, 2.24) is 15.6 Å². The van der Waals surface area contributed by atoms with Crippen molar-refractivity contribution in [3.63, 3.8) is 0 Å². The molecule has 2 N–H and O–H groups in total. The van der Waals surface area contributed by atoms with Crippen molar-refractivity contribution in [2.45, 2.75) is 40.8 Å². The van der Waals surface area contributed by atoms with E-state index in [0.29, 0.717) is 6.54 Å². The summed E-state index contributed by atoms with van der Waals surface area (Å²) < 4.78 is 5.46. The Morgan fingerprint density at radius 1 is 1.25 bits per heavy atom. The summed E-state index contributed by atoms with van der Waals surface area (Å²) in [5, 5.41) is 6.64. The van der Waals surface area contributed by atoms with E-state index in [4.69, 9.17) is 4.74 Å². The standard InChI is InChI=1S/C18H26N4OS/c1-6-19-18(21-10-15-8-7-13(3)24-15)22-11-16-14(4)17(23-5)12(2)9-20-16/h7-9H,6,10-11H2,1-5H3,(H2,19,21,22). The molecule has 0 saturated heterocycles. The SMILES string of the molecule is CCNC(=NCc1ncc(C)c(OC)c1C)NCc1ccc(C)s1. The van der Waals surface area contributed by atoms with Crippen LogP contribution in [0.25, 0.3) is 0 Å². The van der Waals surface area contributed by atoms with Gasteiger partial charge in [0.15, 0.2) is 5.96 Å². The Morgan fingerprint density at radius 2 is 2.04 bits per heavy atom. The van der Waals surface area contributed by atoms with Gasteiger partial charge in [0.05, 0.1) is 25.9 Å². The molecule has 0 bridgehead atoms. The quantitative estimate of drug-likeness (QED) is 0.622. The van der Waals surface area contributed by atoms with Crippen LogP contribution in [-0.2, 0) is 13.1 Å². The van der Waals surface area contributed by atoms with Gasteiger partial charge >= 0.3 is 0 Å². The van der Waals surface area contributed by atoms with E-state index < -0.39 is 0 Å². The number of aryl methyl sites for hydroxylation is 2. The van der Waals surface area contributed by atoms with Crippen LogP contribution < -0.4 is 15.4 Å². The van der Waals surface area contributed by atoms with Gasteiger partial charge in [-0.25, -0.2) is 4.99 Å². The molecule has 0 saturated carbocycles. The van der Waals surface area contributed by atoms with Gasteiger partial charge in [-0.3, -0.25) is 4.98 Å². The highest BCUT2D eigenvalue weighted by Crippen LogP contribution is 2.24. The first-order valence-corrected chi connectivity index (χ1v) is 8.93. The molecule has 0 spiro atoms. The van der Waals surface area contributed by atoms with Crippen LogP contribution >= 0.6 is 11.3 Å². The summed E-state index contributed by atoms with van der Waals surface area (Å²) in [6, 6.07) is 4.28. The van der Waals surface area contributed by atoms with E-state index in [1.807, 2.05) is 20.0 Å². The summed E-state index contributed by atoms with van der Waals surface area (Å²) in [6.45, 7) is 10.3. The summed E-state index contributed by atoms with van der Waals surface area (Å²) in [6.07, 6.45) is 1.84. The average molecular weight is 347 g/mol. The number of methoxy groups -OCH3 is 1. The van der Waals surface area contributed by atoms with E-state index >= 15 is 0 Å². The maximum Gasteiger partial charge on any atom is 0.191 e. The molecule has 6 heteroatoms. The summed E-state index contributed by atoms with van der Waals surface area (Å²) in [5.41, 5.74) is 3.02. The average Bonchev–Trinajstić information content (AvgIpc) is 2.97. The third-order valence-electron chi connectivity index (χ3n) is 3.71. The molecule has 2 aromatic heterocycles. The second kappa shape index (κ2) is 8.68. The van der Waals surface area contributed by atoms with Gasteiger partial charge < -0.3 is 15.4 Å². The number of rotatable bonds is 6. The lowest BCUT2D eigenvalue weighted by Gasteiger charge is -2.13. The van der Waals surface area contributed by atoms with Crippen molar-refractivity contribution in [3.8, 4) is 5.75 Å². The normalized spacial score (nSPS) is 11.5. The van der Waals surface area contributed by atoms with Crippen LogP contribution in [0.5, 0.6) is 5.75 Å². The molecule has 5 nitrogen and oxygen atoms in total. The van der Waals surface area contributed by atoms with E-state index in [-0.39, 0.29) is 0 Å². The Balaban J connectivity index is 2.07. The molecular formula is C18H26N4OS. The Labute approximate surface area is 148 Å². The highest BCUT2D eigenvalue weighted by molar-refractivity contribution is 7.11. The highest BCUT2D eigenvalue weighted by atomic mass is 32.1. The number of hydrogen-bond acceptors (Lipinski definition) is 4. The van der Waals surface area contributed by atoms with Crippen molar-refractivity contribution in [2.75, 3.05) is 13.7 Å². The van der Waals surface area contributed by atoms with Gasteiger partial charge in [0.2, 0.25) is 0 Å². The minimum atomic E-state index is 0.515. The summed E-state index contributed by atoms with van der Waals surface area (Å²) in [5.74, 6) is 1.69. The van der Waals surface area contributed by atoms with Crippen molar-refractivity contribution in [1.29, 1.82) is 0 Å². The number of aliphatic imine (C=N–C) groups is 1. The molecule has 0 fully saturated rings. The number of ether oxygens (including phenoxy) is 1. The number of aromatic nitrogens is 1. The number of hydrogen-bond donors (Lipinski definition) is 2. The zero-order chi connectivity index (χ0) is 17.5. The smallest absolute Gasteiger partial charge is 0.191 e. The molecule has 130 valence electrons. The van der Waals surface area contributed by atoms with Crippen LogP contribution in [0.1, 0.15) is 33.5 Å². The van der Waals surface area contributed by atoms with E-state index in [9.17, 15) is 0 Å². The Bertz CT molecular complexity index is 709. The predicted octanol–water partition coefficient (Wildman–Crippen LogP) is 3.33. The van der Waals surface area contributed by atoms with Crippen LogP contribution in [0.3, 0.4) is 0 Å². The van der Waals surface area contributed by atoms with Crippen molar-refractivity contribution >= 4 is 17.3 Å². The Morgan fingerprint density at radius 3 is 2.67 bits per heavy atom. The molecule has 24 heavy (non-hydrogen) atoms. The van der Waals surface area contributed by atoms with E-state index in [1.54, 1.807) is 18.4 Å². The fourth-order valence-corrected chi connectivity index (χ4v) is 3.31. The molecule has 0 amide bonds. The lowest BCUT2D eigenvalue weighted by atomic mass is 10.1. The molecule has 0 aliphatic rings. The zero-order valence-corrected chi connectivity index (χ0v) is 15.9. The van der Waals surface area contributed by atoms with Gasteiger partial charge in [0.25, 0.3) is 0 Å². The first-order valence-electron chi connectivity index (χ1n) is 8.11. The zero-order valence-electron chi connectivity index (χ0n) is 15.1. The lowest BCUT2D eigenvalue weighted by molar-refractivity contribution is 0.407. The summed E-state index contributed by atoms with van der Waals surface area (Å²) in [4.78, 5) is 11.8. The number of thiophene rings is 1. The van der Waals surface area contributed by atoms with Gasteiger partial charge in [0, 0.05) is 33.6 Å². The molecule has 2 aromatic rings. The van der Waals surface area contributed by atoms with Crippen molar-refractivity contribution < 1.29 is 4.74 Å². The van der Waals surface area contributed by atoms with E-state index in [0.717, 1.165) is 41.6 Å². The van der Waals surface area contributed by atoms with Crippen LogP contribution in [0.4, 0.5) is 0 Å². The molecule has 0 aliphatic heterocycles. The molecule has 2 heterocycles. The van der Waals surface area contributed by atoms with Gasteiger partial charge in [-0.05, 0) is 39.8 Å². The summed E-state index contributed by atoms with van der Waals surface area (Å²) in [7, 11) is 1.69. The minimum absolute atomic E-state index is 0.515. The summed E-state index contributed by atoms with van der Waals surface area (Å²) >= 11 is 1.80. The third kappa shape index (κ3) is 4.71. The minimum Gasteiger partial charge on any atom is -0.496 e. The molecule has 0 unspecified atom stereocenters. The Hall–Kier alpha value is -2.08. The third-order valence-corrected chi connectivity index (χ3v) is 4.71. The van der Waals surface area contributed by atoms with Gasteiger partial charge in [-0.15, -0.1) is 11.3 Å². The maximum atomic E-state index is 5.46. The molecule has 0 radical (unpaired) electrons. The van der Waals surface area contributed by atoms with Gasteiger partial charge in [-0.1, -0.05) is 0 Å².